The Balaban J connectivity index is 1.85. The molecule has 1 aromatic carbocycles. The van der Waals surface area contributed by atoms with E-state index in [4.69, 9.17) is 5.73 Å². The Morgan fingerprint density at radius 3 is 2.62 bits per heavy atom. The second-order valence-corrected chi connectivity index (χ2v) is 5.93. The molecule has 0 atom stereocenters. The second kappa shape index (κ2) is 7.43. The smallest absolute Gasteiger partial charge is 0.316 e. The molecular formula is C16H26N4O. The van der Waals surface area contributed by atoms with Crippen LogP contribution in [0.25, 0.3) is 0 Å². The average molecular weight is 290 g/mol. The standard InChI is InChI=1S/C16H26N4O/c1-12(2)20-9-7-14(8-10-20)18-11-13-5-3-4-6-15(13)19-16(17)21/h3-6,12,14,18H,7-11H2,1-2H3,(H3,17,19,21). The van der Waals surface area contributed by atoms with Crippen molar-refractivity contribution in [3.63, 3.8) is 0 Å². The van der Waals surface area contributed by atoms with Gasteiger partial charge in [0.15, 0.2) is 0 Å². The van der Waals surface area contributed by atoms with E-state index in [-0.39, 0.29) is 0 Å². The van der Waals surface area contributed by atoms with Crippen molar-refractivity contribution in [1.82, 2.24) is 10.2 Å². The van der Waals surface area contributed by atoms with Crippen LogP contribution in [0.3, 0.4) is 0 Å². The molecule has 2 amide bonds. The molecule has 21 heavy (non-hydrogen) atoms. The minimum atomic E-state index is -0.521. The zero-order valence-corrected chi connectivity index (χ0v) is 12.9. The third-order valence-electron chi connectivity index (χ3n) is 4.12. The molecule has 116 valence electrons. The third kappa shape index (κ3) is 4.72. The predicted molar refractivity (Wildman–Crippen MR) is 86.2 cm³/mol. The van der Waals surface area contributed by atoms with Crippen molar-refractivity contribution in [3.8, 4) is 0 Å². The van der Waals surface area contributed by atoms with Crippen LogP contribution in [0.15, 0.2) is 24.3 Å². The number of anilines is 1. The zero-order chi connectivity index (χ0) is 15.2. The van der Waals surface area contributed by atoms with Crippen LogP contribution in [0, 0.1) is 0 Å². The number of likely N-dealkylation sites (tertiary alicyclic amines) is 1. The first-order valence-electron chi connectivity index (χ1n) is 7.68. The molecule has 5 nitrogen and oxygen atoms in total. The maximum atomic E-state index is 11.0. The molecule has 5 heteroatoms. The summed E-state index contributed by atoms with van der Waals surface area (Å²) in [5, 5.41) is 6.27. The molecule has 0 spiro atoms. The van der Waals surface area contributed by atoms with Crippen LogP contribution in [-0.2, 0) is 6.54 Å². The Bertz CT molecular complexity index is 467. The number of urea groups is 1. The Kier molecular flexibility index (Phi) is 5.59. The van der Waals surface area contributed by atoms with E-state index in [0.717, 1.165) is 30.9 Å². The normalized spacial score (nSPS) is 17.1. The molecule has 1 heterocycles. The number of primary amides is 1. The molecule has 0 aliphatic carbocycles. The van der Waals surface area contributed by atoms with Gasteiger partial charge in [-0.15, -0.1) is 0 Å². The van der Waals surface area contributed by atoms with Gasteiger partial charge in [-0.05, 0) is 51.4 Å². The summed E-state index contributed by atoms with van der Waals surface area (Å²) in [6.07, 6.45) is 2.34. The molecular weight excluding hydrogens is 264 g/mol. The first-order valence-corrected chi connectivity index (χ1v) is 7.68. The monoisotopic (exact) mass is 290 g/mol. The summed E-state index contributed by atoms with van der Waals surface area (Å²) in [6.45, 7) is 7.55. The molecule has 1 aliphatic rings. The highest BCUT2D eigenvalue weighted by Crippen LogP contribution is 2.17. The minimum absolute atomic E-state index is 0.521. The van der Waals surface area contributed by atoms with Crippen LogP contribution in [0.4, 0.5) is 10.5 Å². The number of nitrogens with two attached hydrogens (primary N) is 1. The van der Waals surface area contributed by atoms with Crippen LogP contribution in [0.2, 0.25) is 0 Å². The number of carbonyl (C=O) groups excluding carboxylic acids is 1. The number of benzene rings is 1. The van der Waals surface area contributed by atoms with Crippen LogP contribution >= 0.6 is 0 Å². The quantitative estimate of drug-likeness (QED) is 0.778. The van der Waals surface area contributed by atoms with Gasteiger partial charge in [0.2, 0.25) is 0 Å². The lowest BCUT2D eigenvalue weighted by molar-refractivity contribution is 0.161. The summed E-state index contributed by atoms with van der Waals surface area (Å²) in [4.78, 5) is 13.5. The molecule has 0 bridgehead atoms. The average Bonchev–Trinajstić information content (AvgIpc) is 2.46. The Morgan fingerprint density at radius 1 is 1.33 bits per heavy atom. The summed E-state index contributed by atoms with van der Waals surface area (Å²) in [6, 6.07) is 8.42. The van der Waals surface area contributed by atoms with Gasteiger partial charge >= 0.3 is 6.03 Å². The van der Waals surface area contributed by atoms with Crippen LogP contribution in [-0.4, -0.2) is 36.1 Å². The van der Waals surface area contributed by atoms with Gasteiger partial charge in [0.1, 0.15) is 0 Å². The fraction of sp³-hybridized carbons (Fsp3) is 0.562. The van der Waals surface area contributed by atoms with E-state index < -0.39 is 6.03 Å². The van der Waals surface area contributed by atoms with E-state index in [1.807, 2.05) is 24.3 Å². The molecule has 0 saturated carbocycles. The maximum Gasteiger partial charge on any atom is 0.316 e. The SMILES string of the molecule is CC(C)N1CCC(NCc2ccccc2NC(N)=O)CC1. The second-order valence-electron chi connectivity index (χ2n) is 5.93. The molecule has 0 unspecified atom stereocenters. The van der Waals surface area contributed by atoms with Crippen molar-refractivity contribution in [1.29, 1.82) is 0 Å². The van der Waals surface area contributed by atoms with E-state index >= 15 is 0 Å². The number of hydrogen-bond acceptors (Lipinski definition) is 3. The number of rotatable bonds is 5. The summed E-state index contributed by atoms with van der Waals surface area (Å²) >= 11 is 0. The lowest BCUT2D eigenvalue weighted by Crippen LogP contribution is -2.44. The number of nitrogens with one attached hydrogen (secondary N) is 2. The zero-order valence-electron chi connectivity index (χ0n) is 12.9. The van der Waals surface area contributed by atoms with Crippen LogP contribution in [0.5, 0.6) is 0 Å². The third-order valence-corrected chi connectivity index (χ3v) is 4.12. The summed E-state index contributed by atoms with van der Waals surface area (Å²) in [5.41, 5.74) is 7.06. The molecule has 2 rings (SSSR count). The molecule has 1 aliphatic heterocycles. The Hall–Kier alpha value is -1.59. The summed E-state index contributed by atoms with van der Waals surface area (Å²) in [5.74, 6) is 0. The highest BCUT2D eigenvalue weighted by Gasteiger charge is 2.20. The van der Waals surface area contributed by atoms with E-state index in [0.29, 0.717) is 12.1 Å². The number of carbonyl (C=O) groups is 1. The van der Waals surface area contributed by atoms with Crippen molar-refractivity contribution < 1.29 is 4.79 Å². The predicted octanol–water partition coefficient (Wildman–Crippen LogP) is 2.14. The lowest BCUT2D eigenvalue weighted by Gasteiger charge is -2.35. The van der Waals surface area contributed by atoms with E-state index in [2.05, 4.69) is 29.4 Å². The van der Waals surface area contributed by atoms with Crippen LogP contribution < -0.4 is 16.4 Å². The summed E-state index contributed by atoms with van der Waals surface area (Å²) < 4.78 is 0. The fourth-order valence-corrected chi connectivity index (χ4v) is 2.80. The maximum absolute atomic E-state index is 11.0. The minimum Gasteiger partial charge on any atom is -0.351 e. The van der Waals surface area contributed by atoms with Gasteiger partial charge in [0.05, 0.1) is 0 Å². The molecule has 1 saturated heterocycles. The van der Waals surface area contributed by atoms with Gasteiger partial charge in [-0.3, -0.25) is 0 Å². The van der Waals surface area contributed by atoms with Crippen molar-refractivity contribution in [2.45, 2.75) is 45.3 Å². The van der Waals surface area contributed by atoms with E-state index in [1.165, 1.54) is 12.8 Å². The van der Waals surface area contributed by atoms with Crippen molar-refractivity contribution in [2.75, 3.05) is 18.4 Å². The molecule has 1 aromatic rings. The largest absolute Gasteiger partial charge is 0.351 e. The van der Waals surface area contributed by atoms with Gasteiger partial charge in [0, 0.05) is 24.3 Å². The van der Waals surface area contributed by atoms with E-state index in [1.54, 1.807) is 0 Å². The number of nitrogens with zero attached hydrogens (tertiary/aromatic N) is 1. The highest BCUT2D eigenvalue weighted by molar-refractivity contribution is 5.88. The first kappa shape index (κ1) is 15.8. The number of para-hydroxylation sites is 1. The molecule has 0 aromatic heterocycles. The van der Waals surface area contributed by atoms with Crippen LogP contribution in [0.1, 0.15) is 32.3 Å². The molecule has 4 N–H and O–H groups in total. The highest BCUT2D eigenvalue weighted by atomic mass is 16.2. The Labute approximate surface area is 126 Å². The lowest BCUT2D eigenvalue weighted by atomic mass is 10.0. The van der Waals surface area contributed by atoms with Crippen molar-refractivity contribution >= 4 is 11.7 Å². The first-order chi connectivity index (χ1) is 10.1. The van der Waals surface area contributed by atoms with Gasteiger partial charge < -0.3 is 21.3 Å². The number of hydrogen-bond donors (Lipinski definition) is 3. The van der Waals surface area contributed by atoms with Crippen molar-refractivity contribution in [2.24, 2.45) is 5.73 Å². The van der Waals surface area contributed by atoms with Gasteiger partial charge in [0.25, 0.3) is 0 Å². The van der Waals surface area contributed by atoms with Crippen molar-refractivity contribution in [3.05, 3.63) is 29.8 Å². The van der Waals surface area contributed by atoms with E-state index in [9.17, 15) is 4.79 Å². The summed E-state index contributed by atoms with van der Waals surface area (Å²) in [7, 11) is 0. The number of piperidine rings is 1. The molecule has 0 radical (unpaired) electrons. The fourth-order valence-electron chi connectivity index (χ4n) is 2.80. The molecule has 1 fully saturated rings. The van der Waals surface area contributed by atoms with Gasteiger partial charge in [-0.2, -0.15) is 0 Å². The topological polar surface area (TPSA) is 70.4 Å². The van der Waals surface area contributed by atoms with Gasteiger partial charge in [-0.1, -0.05) is 18.2 Å². The van der Waals surface area contributed by atoms with Gasteiger partial charge in [-0.25, -0.2) is 4.79 Å². The Morgan fingerprint density at radius 2 is 2.00 bits per heavy atom. The number of amides is 2.